The van der Waals surface area contributed by atoms with Gasteiger partial charge in [0, 0.05) is 32.6 Å². The zero-order valence-corrected chi connectivity index (χ0v) is 12.6. The quantitative estimate of drug-likeness (QED) is 0.473. The number of allylic oxidation sites excluding steroid dienone is 1. The van der Waals surface area contributed by atoms with E-state index in [0.717, 1.165) is 45.4 Å². The van der Waals surface area contributed by atoms with Gasteiger partial charge in [0.15, 0.2) is 0 Å². The van der Waals surface area contributed by atoms with Crippen molar-refractivity contribution >= 4 is 5.91 Å². The monoisotopic (exact) mass is 266 g/mol. The van der Waals surface area contributed by atoms with Crippen LogP contribution < -0.4 is 0 Å². The Morgan fingerprint density at radius 3 is 2.21 bits per heavy atom. The molecule has 0 unspecified atom stereocenters. The normalized spacial score (nSPS) is 16.6. The Kier molecular flexibility index (Phi) is 8.55. The average Bonchev–Trinajstić information content (AvgIpc) is 2.42. The van der Waals surface area contributed by atoms with Gasteiger partial charge in [-0.15, -0.1) is 6.58 Å². The highest BCUT2D eigenvalue weighted by Gasteiger charge is 2.17. The number of likely N-dealkylation sites (N-methyl/N-ethyl adjacent to an activating group) is 1. The molecule has 0 bridgehead atoms. The van der Waals surface area contributed by atoms with Crippen LogP contribution in [0.4, 0.5) is 0 Å². The summed E-state index contributed by atoms with van der Waals surface area (Å²) in [6.45, 7) is 7.60. The first-order valence-electron chi connectivity index (χ1n) is 7.81. The Labute approximate surface area is 118 Å². The number of hydrogen-bond donors (Lipinski definition) is 0. The highest BCUT2D eigenvalue weighted by molar-refractivity contribution is 5.76. The first-order chi connectivity index (χ1) is 9.24. The van der Waals surface area contributed by atoms with Gasteiger partial charge in [0.2, 0.25) is 5.91 Å². The standard InChI is InChI=1S/C16H30N2O/c1-3-4-5-6-7-8-9-10-11-16(19)18-14-12-17(2)13-15-18/h3H,1,4-15H2,2H3. The van der Waals surface area contributed by atoms with Gasteiger partial charge in [-0.25, -0.2) is 0 Å². The molecule has 1 amide bonds. The minimum absolute atomic E-state index is 0.361. The third-order valence-electron chi connectivity index (χ3n) is 3.90. The zero-order chi connectivity index (χ0) is 13.9. The van der Waals surface area contributed by atoms with Gasteiger partial charge < -0.3 is 9.80 Å². The summed E-state index contributed by atoms with van der Waals surface area (Å²) in [5, 5.41) is 0. The molecule has 1 fully saturated rings. The predicted octanol–water partition coefficient (Wildman–Crippen LogP) is 3.07. The summed E-state index contributed by atoms with van der Waals surface area (Å²) >= 11 is 0. The number of rotatable bonds is 9. The third-order valence-corrected chi connectivity index (χ3v) is 3.90. The van der Waals surface area contributed by atoms with Crippen LogP contribution in [0.25, 0.3) is 0 Å². The number of amides is 1. The molecule has 19 heavy (non-hydrogen) atoms. The highest BCUT2D eigenvalue weighted by atomic mass is 16.2. The number of hydrogen-bond acceptors (Lipinski definition) is 2. The molecule has 1 saturated heterocycles. The van der Waals surface area contributed by atoms with Crippen LogP contribution in [0, 0.1) is 0 Å². The fraction of sp³-hybridized carbons (Fsp3) is 0.812. The molecule has 0 aromatic heterocycles. The number of carbonyl (C=O) groups is 1. The predicted molar refractivity (Wildman–Crippen MR) is 81.2 cm³/mol. The van der Waals surface area contributed by atoms with Crippen LogP contribution >= 0.6 is 0 Å². The van der Waals surface area contributed by atoms with Gasteiger partial charge in [0.25, 0.3) is 0 Å². The molecule has 1 aliphatic rings. The fourth-order valence-corrected chi connectivity index (χ4v) is 2.49. The lowest BCUT2D eigenvalue weighted by Gasteiger charge is -2.32. The van der Waals surface area contributed by atoms with Crippen molar-refractivity contribution < 1.29 is 4.79 Å². The summed E-state index contributed by atoms with van der Waals surface area (Å²) in [5.41, 5.74) is 0. The lowest BCUT2D eigenvalue weighted by Crippen LogP contribution is -2.47. The summed E-state index contributed by atoms with van der Waals surface area (Å²) in [4.78, 5) is 16.3. The van der Waals surface area contributed by atoms with Crippen LogP contribution in [0.3, 0.4) is 0 Å². The Hall–Kier alpha value is -0.830. The molecule has 0 aliphatic carbocycles. The van der Waals surface area contributed by atoms with Gasteiger partial charge in [-0.1, -0.05) is 31.8 Å². The molecule has 0 aromatic rings. The molecule has 0 atom stereocenters. The maximum absolute atomic E-state index is 12.0. The topological polar surface area (TPSA) is 23.6 Å². The van der Waals surface area contributed by atoms with Crippen LogP contribution in [-0.2, 0) is 4.79 Å². The number of nitrogens with zero attached hydrogens (tertiary/aromatic N) is 2. The highest BCUT2D eigenvalue weighted by Crippen LogP contribution is 2.10. The molecule has 0 saturated carbocycles. The van der Waals surface area contributed by atoms with E-state index in [0.29, 0.717) is 5.91 Å². The van der Waals surface area contributed by atoms with E-state index in [-0.39, 0.29) is 0 Å². The summed E-state index contributed by atoms with van der Waals surface area (Å²) in [7, 11) is 2.12. The molecule has 0 aromatic carbocycles. The average molecular weight is 266 g/mol. The van der Waals surface area contributed by atoms with Crippen LogP contribution in [0.5, 0.6) is 0 Å². The molecule has 110 valence electrons. The summed E-state index contributed by atoms with van der Waals surface area (Å²) in [6.07, 6.45) is 11.3. The molecular formula is C16H30N2O. The van der Waals surface area contributed by atoms with Crippen molar-refractivity contribution in [1.29, 1.82) is 0 Å². The lowest BCUT2D eigenvalue weighted by atomic mass is 10.1. The molecule has 1 aliphatic heterocycles. The Morgan fingerprint density at radius 1 is 1.00 bits per heavy atom. The van der Waals surface area contributed by atoms with Crippen molar-refractivity contribution in [3.8, 4) is 0 Å². The zero-order valence-electron chi connectivity index (χ0n) is 12.6. The van der Waals surface area contributed by atoms with Crippen LogP contribution in [-0.4, -0.2) is 48.9 Å². The van der Waals surface area contributed by atoms with Crippen molar-refractivity contribution in [2.45, 2.75) is 51.4 Å². The van der Waals surface area contributed by atoms with Gasteiger partial charge in [0.1, 0.15) is 0 Å². The maximum Gasteiger partial charge on any atom is 0.222 e. The second-order valence-electron chi connectivity index (χ2n) is 5.63. The van der Waals surface area contributed by atoms with Crippen LogP contribution in [0.15, 0.2) is 12.7 Å². The first-order valence-corrected chi connectivity index (χ1v) is 7.81. The molecule has 0 spiro atoms. The summed E-state index contributed by atoms with van der Waals surface area (Å²) < 4.78 is 0. The van der Waals surface area contributed by atoms with Gasteiger partial charge in [-0.3, -0.25) is 4.79 Å². The molecule has 1 rings (SSSR count). The largest absolute Gasteiger partial charge is 0.340 e. The van der Waals surface area contributed by atoms with E-state index in [1.54, 1.807) is 0 Å². The SMILES string of the molecule is C=CCCCCCCCCC(=O)N1CCN(C)CC1. The van der Waals surface area contributed by atoms with Crippen molar-refractivity contribution in [1.82, 2.24) is 9.80 Å². The minimum atomic E-state index is 0.361. The van der Waals surface area contributed by atoms with Gasteiger partial charge in [-0.2, -0.15) is 0 Å². The third kappa shape index (κ3) is 7.36. The van der Waals surface area contributed by atoms with Crippen molar-refractivity contribution in [3.63, 3.8) is 0 Å². The molecular weight excluding hydrogens is 236 g/mol. The lowest BCUT2D eigenvalue weighted by molar-refractivity contribution is -0.132. The summed E-state index contributed by atoms with van der Waals surface area (Å²) in [6, 6.07) is 0. The van der Waals surface area contributed by atoms with Gasteiger partial charge >= 0.3 is 0 Å². The van der Waals surface area contributed by atoms with E-state index >= 15 is 0 Å². The number of unbranched alkanes of at least 4 members (excludes halogenated alkanes) is 6. The molecule has 1 heterocycles. The van der Waals surface area contributed by atoms with Crippen LogP contribution in [0.2, 0.25) is 0 Å². The van der Waals surface area contributed by atoms with E-state index in [4.69, 9.17) is 0 Å². The Morgan fingerprint density at radius 2 is 1.58 bits per heavy atom. The minimum Gasteiger partial charge on any atom is -0.340 e. The van der Waals surface area contributed by atoms with E-state index in [2.05, 4.69) is 18.5 Å². The molecule has 0 N–H and O–H groups in total. The summed E-state index contributed by atoms with van der Waals surface area (Å²) in [5.74, 6) is 0.361. The van der Waals surface area contributed by atoms with Gasteiger partial charge in [-0.05, 0) is 26.3 Å². The van der Waals surface area contributed by atoms with Crippen LogP contribution in [0.1, 0.15) is 51.4 Å². The Bertz CT molecular complexity index is 257. The number of piperazine rings is 1. The van der Waals surface area contributed by atoms with E-state index in [9.17, 15) is 4.79 Å². The second kappa shape index (κ2) is 10.0. The number of carbonyl (C=O) groups excluding carboxylic acids is 1. The second-order valence-corrected chi connectivity index (χ2v) is 5.63. The first kappa shape index (κ1) is 16.2. The molecule has 3 heteroatoms. The van der Waals surface area contributed by atoms with Crippen molar-refractivity contribution in [2.75, 3.05) is 33.2 Å². The van der Waals surface area contributed by atoms with Crippen molar-refractivity contribution in [3.05, 3.63) is 12.7 Å². The van der Waals surface area contributed by atoms with E-state index in [1.165, 1.54) is 32.1 Å². The molecule has 0 radical (unpaired) electrons. The Balaban J connectivity index is 1.94. The van der Waals surface area contributed by atoms with Gasteiger partial charge in [0.05, 0.1) is 0 Å². The fourth-order valence-electron chi connectivity index (χ4n) is 2.49. The van der Waals surface area contributed by atoms with E-state index < -0.39 is 0 Å². The van der Waals surface area contributed by atoms with Crippen molar-refractivity contribution in [2.24, 2.45) is 0 Å². The smallest absolute Gasteiger partial charge is 0.222 e. The van der Waals surface area contributed by atoms with E-state index in [1.807, 2.05) is 11.0 Å². The maximum atomic E-state index is 12.0. The molecule has 3 nitrogen and oxygen atoms in total.